The van der Waals surface area contributed by atoms with Gasteiger partial charge in [-0.3, -0.25) is 4.79 Å². The average molecular weight is 261 g/mol. The monoisotopic (exact) mass is 260 g/mol. The van der Waals surface area contributed by atoms with Crippen molar-refractivity contribution in [3.63, 3.8) is 0 Å². The molecule has 0 radical (unpaired) electrons. The van der Waals surface area contributed by atoms with E-state index < -0.39 is 11.9 Å². The molecule has 1 aromatic rings. The quantitative estimate of drug-likeness (QED) is 0.862. The number of carbonyl (C=O) groups excluding carboxylic acids is 1. The van der Waals surface area contributed by atoms with Crippen molar-refractivity contribution in [2.45, 2.75) is 6.04 Å². The van der Waals surface area contributed by atoms with Gasteiger partial charge in [-0.15, -0.1) is 0 Å². The van der Waals surface area contributed by atoms with Crippen molar-refractivity contribution in [3.8, 4) is 0 Å². The molecule has 76 valence electrons. The summed E-state index contributed by atoms with van der Waals surface area (Å²) in [6.45, 7) is 0. The molecule has 0 spiro atoms. The molecular weight excluding hydrogens is 251 g/mol. The van der Waals surface area contributed by atoms with Crippen molar-refractivity contribution in [3.05, 3.63) is 34.1 Å². The molecule has 5 heteroatoms. The molecule has 0 unspecified atom stereocenters. The first-order valence-electron chi connectivity index (χ1n) is 3.97. The van der Waals surface area contributed by atoms with Gasteiger partial charge in [-0.05, 0) is 40.7 Å². The molecular formula is C9H10BrFN2O. The number of hydrogen-bond acceptors (Lipinski definition) is 2. The second-order valence-electron chi connectivity index (χ2n) is 2.80. The van der Waals surface area contributed by atoms with E-state index in [2.05, 4.69) is 21.2 Å². The van der Waals surface area contributed by atoms with Gasteiger partial charge in [0.1, 0.15) is 11.9 Å². The highest BCUT2D eigenvalue weighted by molar-refractivity contribution is 9.10. The molecule has 3 N–H and O–H groups in total. The number of carbonyl (C=O) groups is 1. The molecule has 1 aromatic carbocycles. The summed E-state index contributed by atoms with van der Waals surface area (Å²) < 4.78 is 13.2. The van der Waals surface area contributed by atoms with Crippen LogP contribution in [-0.2, 0) is 4.79 Å². The van der Waals surface area contributed by atoms with E-state index in [0.717, 1.165) is 0 Å². The van der Waals surface area contributed by atoms with Gasteiger partial charge in [0.15, 0.2) is 0 Å². The number of hydrogen-bond donors (Lipinski definition) is 2. The molecule has 0 fully saturated rings. The highest BCUT2D eigenvalue weighted by Crippen LogP contribution is 2.20. The highest BCUT2D eigenvalue weighted by Gasteiger charge is 2.16. The maximum absolute atomic E-state index is 12.9. The van der Waals surface area contributed by atoms with Gasteiger partial charge in [0.2, 0.25) is 5.91 Å². The Morgan fingerprint density at radius 2 is 2.29 bits per heavy atom. The minimum absolute atomic E-state index is 0.316. The topological polar surface area (TPSA) is 55.1 Å². The van der Waals surface area contributed by atoms with Gasteiger partial charge in [-0.25, -0.2) is 4.39 Å². The van der Waals surface area contributed by atoms with Gasteiger partial charge in [0.05, 0.1) is 4.47 Å². The van der Waals surface area contributed by atoms with Crippen molar-refractivity contribution in [1.82, 2.24) is 5.32 Å². The maximum atomic E-state index is 12.9. The lowest BCUT2D eigenvalue weighted by molar-refractivity contribution is -0.120. The third-order valence-corrected chi connectivity index (χ3v) is 2.46. The van der Waals surface area contributed by atoms with Crippen molar-refractivity contribution >= 4 is 21.8 Å². The summed E-state index contributed by atoms with van der Waals surface area (Å²) in [5.41, 5.74) is 5.79. The van der Waals surface area contributed by atoms with E-state index in [1.54, 1.807) is 7.05 Å². The van der Waals surface area contributed by atoms with Crippen LogP contribution in [0.3, 0.4) is 0 Å². The lowest BCUT2D eigenvalue weighted by Crippen LogP contribution is -2.31. The molecule has 1 amide bonds. The number of halogens is 2. The summed E-state index contributed by atoms with van der Waals surface area (Å²) in [4.78, 5) is 11.0. The van der Waals surface area contributed by atoms with Crippen LogP contribution < -0.4 is 11.1 Å². The molecule has 0 aliphatic carbocycles. The first kappa shape index (κ1) is 11.1. The van der Waals surface area contributed by atoms with E-state index >= 15 is 0 Å². The van der Waals surface area contributed by atoms with E-state index in [1.165, 1.54) is 18.2 Å². The van der Waals surface area contributed by atoms with Crippen LogP contribution in [0.5, 0.6) is 0 Å². The van der Waals surface area contributed by atoms with Crippen LogP contribution in [0.25, 0.3) is 0 Å². The number of likely N-dealkylation sites (N-methyl/N-ethyl adjacent to an activating group) is 1. The first-order chi connectivity index (χ1) is 6.56. The molecule has 14 heavy (non-hydrogen) atoms. The number of benzene rings is 1. The molecule has 1 atom stereocenters. The maximum Gasteiger partial charge on any atom is 0.239 e. The molecule has 3 nitrogen and oxygen atoms in total. The van der Waals surface area contributed by atoms with Gasteiger partial charge >= 0.3 is 0 Å². The lowest BCUT2D eigenvalue weighted by atomic mass is 10.1. The molecule has 0 aliphatic rings. The van der Waals surface area contributed by atoms with Crippen LogP contribution in [0.2, 0.25) is 0 Å². The smallest absolute Gasteiger partial charge is 0.239 e. The summed E-state index contributed by atoms with van der Waals surface area (Å²) in [5.74, 6) is -0.862. The zero-order chi connectivity index (χ0) is 10.7. The Morgan fingerprint density at radius 3 is 2.71 bits per heavy atom. The second kappa shape index (κ2) is 4.52. The second-order valence-corrected chi connectivity index (χ2v) is 3.65. The summed E-state index contributed by atoms with van der Waals surface area (Å²) in [7, 11) is 1.62. The average Bonchev–Trinajstić information content (AvgIpc) is 2.11. The molecule has 0 heterocycles. The van der Waals surface area contributed by atoms with Crippen LogP contribution in [0.1, 0.15) is 11.6 Å². The molecule has 0 aromatic heterocycles. The van der Waals surface area contributed by atoms with E-state index in [-0.39, 0.29) is 5.82 Å². The summed E-state index contributed by atoms with van der Waals surface area (Å²) in [6.07, 6.45) is 0. The normalized spacial score (nSPS) is 12.5. The minimum Gasteiger partial charge on any atom is -0.368 e. The Bertz CT molecular complexity index is 357. The number of amides is 1. The molecule has 0 saturated carbocycles. The summed E-state index contributed by atoms with van der Waals surface area (Å²) >= 11 is 3.04. The van der Waals surface area contributed by atoms with Gasteiger partial charge in [-0.2, -0.15) is 0 Å². The standard InChI is InChI=1S/C9H10BrFN2O/c1-13-8(9(12)14)5-2-3-7(11)6(10)4-5/h2-4,8,13H,1H3,(H2,12,14)/t8-/m0/s1. The highest BCUT2D eigenvalue weighted by atomic mass is 79.9. The third kappa shape index (κ3) is 2.30. The SMILES string of the molecule is CN[C@H](C(N)=O)c1ccc(F)c(Br)c1. The number of primary amides is 1. The number of nitrogens with one attached hydrogen (secondary N) is 1. The summed E-state index contributed by atoms with van der Waals surface area (Å²) in [6, 6.07) is 3.74. The predicted molar refractivity (Wildman–Crippen MR) is 55.1 cm³/mol. The van der Waals surface area contributed by atoms with E-state index in [1.807, 2.05) is 0 Å². The van der Waals surface area contributed by atoms with Crippen LogP contribution in [-0.4, -0.2) is 13.0 Å². The Hall–Kier alpha value is -0.940. The van der Waals surface area contributed by atoms with Gasteiger partial charge in [-0.1, -0.05) is 6.07 Å². The van der Waals surface area contributed by atoms with Crippen LogP contribution >= 0.6 is 15.9 Å². The minimum atomic E-state index is -0.591. The Labute approximate surface area is 89.6 Å². The zero-order valence-electron chi connectivity index (χ0n) is 7.55. The van der Waals surface area contributed by atoms with E-state index in [9.17, 15) is 9.18 Å². The Balaban J connectivity index is 3.06. The van der Waals surface area contributed by atoms with Crippen molar-refractivity contribution in [1.29, 1.82) is 0 Å². The first-order valence-corrected chi connectivity index (χ1v) is 4.77. The van der Waals surface area contributed by atoms with Crippen LogP contribution in [0, 0.1) is 5.82 Å². The fourth-order valence-corrected chi connectivity index (χ4v) is 1.56. The zero-order valence-corrected chi connectivity index (χ0v) is 9.14. The van der Waals surface area contributed by atoms with Crippen LogP contribution in [0.4, 0.5) is 4.39 Å². The lowest BCUT2D eigenvalue weighted by Gasteiger charge is -2.12. The fourth-order valence-electron chi connectivity index (χ4n) is 1.17. The van der Waals surface area contributed by atoms with Gasteiger partial charge in [0.25, 0.3) is 0 Å². The van der Waals surface area contributed by atoms with Gasteiger partial charge < -0.3 is 11.1 Å². The number of rotatable bonds is 3. The fraction of sp³-hybridized carbons (Fsp3) is 0.222. The third-order valence-electron chi connectivity index (χ3n) is 1.85. The van der Waals surface area contributed by atoms with E-state index in [0.29, 0.717) is 10.0 Å². The largest absolute Gasteiger partial charge is 0.368 e. The van der Waals surface area contributed by atoms with E-state index in [4.69, 9.17) is 5.73 Å². The van der Waals surface area contributed by atoms with Crippen molar-refractivity contribution in [2.75, 3.05) is 7.05 Å². The summed E-state index contributed by atoms with van der Waals surface area (Å²) in [5, 5.41) is 2.75. The molecule has 1 rings (SSSR count). The van der Waals surface area contributed by atoms with Crippen molar-refractivity contribution < 1.29 is 9.18 Å². The Morgan fingerprint density at radius 1 is 1.64 bits per heavy atom. The molecule has 0 bridgehead atoms. The predicted octanol–water partition coefficient (Wildman–Crippen LogP) is 1.33. The van der Waals surface area contributed by atoms with Crippen molar-refractivity contribution in [2.24, 2.45) is 5.73 Å². The van der Waals surface area contributed by atoms with Crippen LogP contribution in [0.15, 0.2) is 22.7 Å². The Kier molecular flexibility index (Phi) is 3.60. The molecule has 0 aliphatic heterocycles. The van der Waals surface area contributed by atoms with Gasteiger partial charge in [0, 0.05) is 0 Å². The molecule has 0 saturated heterocycles. The number of nitrogens with two attached hydrogens (primary N) is 1.